The number of carbonyl (C=O) groups is 3. The van der Waals surface area contributed by atoms with Gasteiger partial charge >= 0.3 is 12.1 Å². The lowest BCUT2D eigenvalue weighted by Crippen LogP contribution is -2.48. The quantitative estimate of drug-likeness (QED) is 0.492. The third kappa shape index (κ3) is 5.20. The van der Waals surface area contributed by atoms with Crippen LogP contribution in [0.15, 0.2) is 78.9 Å². The molecule has 1 aliphatic carbocycles. The second kappa shape index (κ2) is 9.99. The molecule has 0 radical (unpaired) electrons. The van der Waals surface area contributed by atoms with E-state index in [2.05, 4.69) is 10.6 Å². The average Bonchev–Trinajstić information content (AvgIpc) is 3.15. The molecule has 0 unspecified atom stereocenters. The number of aliphatic carboxylic acids is 1. The third-order valence-corrected chi connectivity index (χ3v) is 5.64. The Hall–Kier alpha value is -4.13. The van der Waals surface area contributed by atoms with Crippen molar-refractivity contribution < 1.29 is 24.2 Å². The molecule has 0 aromatic heterocycles. The number of benzene rings is 3. The maximum absolute atomic E-state index is 12.5. The highest BCUT2D eigenvalue weighted by Crippen LogP contribution is 2.44. The fourth-order valence-corrected chi connectivity index (χ4v) is 4.07. The zero-order chi connectivity index (χ0) is 23.2. The van der Waals surface area contributed by atoms with E-state index in [9.17, 15) is 19.5 Å². The zero-order valence-electron chi connectivity index (χ0n) is 17.9. The molecule has 2 amide bonds. The lowest BCUT2D eigenvalue weighted by atomic mass is 9.98. The minimum atomic E-state index is -1.25. The highest BCUT2D eigenvalue weighted by Gasteiger charge is 2.30. The largest absolute Gasteiger partial charge is 0.481 e. The van der Waals surface area contributed by atoms with Gasteiger partial charge in [-0.25, -0.2) is 4.79 Å². The Labute approximate surface area is 191 Å². The van der Waals surface area contributed by atoms with Crippen molar-refractivity contribution in [3.8, 4) is 11.1 Å². The SMILES string of the molecule is O=C(O)C[C@@H](NC(=O)OCC1c2ccccc2-c2ccccc21)C(=O)NCc1ccccc1. The summed E-state index contributed by atoms with van der Waals surface area (Å²) in [5, 5.41) is 14.2. The molecule has 4 rings (SSSR count). The zero-order valence-corrected chi connectivity index (χ0v) is 17.9. The number of hydrogen-bond acceptors (Lipinski definition) is 4. The molecule has 7 nitrogen and oxygen atoms in total. The number of alkyl carbamates (subject to hydrolysis) is 1. The first-order chi connectivity index (χ1) is 16.0. The maximum Gasteiger partial charge on any atom is 0.407 e. The number of hydrogen-bond donors (Lipinski definition) is 3. The van der Waals surface area contributed by atoms with Crippen LogP contribution in [0.1, 0.15) is 29.0 Å². The van der Waals surface area contributed by atoms with E-state index >= 15 is 0 Å². The molecule has 168 valence electrons. The normalized spacial score (nSPS) is 12.8. The summed E-state index contributed by atoms with van der Waals surface area (Å²) >= 11 is 0. The van der Waals surface area contributed by atoms with Crippen LogP contribution < -0.4 is 10.6 Å². The van der Waals surface area contributed by atoms with Gasteiger partial charge in [-0.05, 0) is 27.8 Å². The molecule has 33 heavy (non-hydrogen) atoms. The number of nitrogens with one attached hydrogen (secondary N) is 2. The van der Waals surface area contributed by atoms with Crippen LogP contribution in [0.5, 0.6) is 0 Å². The molecule has 0 bridgehead atoms. The van der Waals surface area contributed by atoms with Crippen molar-refractivity contribution in [3.63, 3.8) is 0 Å². The van der Waals surface area contributed by atoms with Crippen LogP contribution in [0, 0.1) is 0 Å². The lowest BCUT2D eigenvalue weighted by Gasteiger charge is -2.18. The van der Waals surface area contributed by atoms with Crippen LogP contribution >= 0.6 is 0 Å². The molecule has 3 aromatic rings. The monoisotopic (exact) mass is 444 g/mol. The van der Waals surface area contributed by atoms with E-state index in [1.54, 1.807) is 0 Å². The number of ether oxygens (including phenoxy) is 1. The van der Waals surface area contributed by atoms with Crippen LogP contribution in [-0.2, 0) is 20.9 Å². The number of carboxylic acids is 1. The predicted molar refractivity (Wildman–Crippen MR) is 123 cm³/mol. The second-order valence-corrected chi connectivity index (χ2v) is 7.82. The molecule has 0 saturated heterocycles. The van der Waals surface area contributed by atoms with Crippen molar-refractivity contribution in [2.24, 2.45) is 0 Å². The molecule has 1 aliphatic rings. The van der Waals surface area contributed by atoms with Gasteiger partial charge in [-0.2, -0.15) is 0 Å². The van der Waals surface area contributed by atoms with Crippen LogP contribution in [-0.4, -0.2) is 35.7 Å². The summed E-state index contributed by atoms with van der Waals surface area (Å²) in [4.78, 5) is 36.3. The van der Waals surface area contributed by atoms with E-state index in [-0.39, 0.29) is 19.1 Å². The summed E-state index contributed by atoms with van der Waals surface area (Å²) < 4.78 is 5.44. The van der Waals surface area contributed by atoms with Crippen molar-refractivity contribution in [1.29, 1.82) is 0 Å². The molecule has 0 spiro atoms. The summed E-state index contributed by atoms with van der Waals surface area (Å²) in [6.07, 6.45) is -1.39. The van der Waals surface area contributed by atoms with Gasteiger partial charge in [0.2, 0.25) is 5.91 Å². The topological polar surface area (TPSA) is 105 Å². The van der Waals surface area contributed by atoms with E-state index in [4.69, 9.17) is 4.74 Å². The number of carboxylic acid groups (broad SMARTS) is 1. The Kier molecular flexibility index (Phi) is 6.69. The van der Waals surface area contributed by atoms with E-state index < -0.39 is 30.4 Å². The smallest absolute Gasteiger partial charge is 0.407 e. The van der Waals surface area contributed by atoms with Gasteiger partial charge in [0, 0.05) is 12.5 Å². The number of rotatable bonds is 8. The fourth-order valence-electron chi connectivity index (χ4n) is 4.07. The standard InChI is InChI=1S/C26H24N2O5/c29-24(30)14-23(25(31)27-15-17-8-2-1-3-9-17)28-26(32)33-16-22-20-12-6-4-10-18(20)19-11-5-7-13-21(19)22/h1-13,22-23H,14-16H2,(H,27,31)(H,28,32)(H,29,30)/t23-/m1/s1. The van der Waals surface area contributed by atoms with Gasteiger partial charge in [0.15, 0.2) is 0 Å². The molecule has 1 atom stereocenters. The Morgan fingerprint density at radius 1 is 0.848 bits per heavy atom. The van der Waals surface area contributed by atoms with Crippen molar-refractivity contribution in [2.75, 3.05) is 6.61 Å². The summed E-state index contributed by atoms with van der Waals surface area (Å²) in [5.74, 6) is -1.92. The molecule has 3 aromatic carbocycles. The molecular formula is C26H24N2O5. The number of amides is 2. The summed E-state index contributed by atoms with van der Waals surface area (Å²) in [5.41, 5.74) is 5.20. The highest BCUT2D eigenvalue weighted by molar-refractivity contribution is 5.89. The average molecular weight is 444 g/mol. The van der Waals surface area contributed by atoms with E-state index in [0.717, 1.165) is 27.8 Å². The highest BCUT2D eigenvalue weighted by atomic mass is 16.5. The van der Waals surface area contributed by atoms with Crippen molar-refractivity contribution in [2.45, 2.75) is 24.9 Å². The molecule has 7 heteroatoms. The molecule has 3 N–H and O–H groups in total. The molecule has 0 fully saturated rings. The lowest BCUT2D eigenvalue weighted by molar-refractivity contribution is -0.139. The summed E-state index contributed by atoms with van der Waals surface area (Å²) in [6.45, 7) is 0.299. The number of carbonyl (C=O) groups excluding carboxylic acids is 2. The first-order valence-electron chi connectivity index (χ1n) is 10.7. The molecular weight excluding hydrogens is 420 g/mol. The van der Waals surface area contributed by atoms with Gasteiger partial charge in [0.05, 0.1) is 6.42 Å². The minimum Gasteiger partial charge on any atom is -0.481 e. The van der Waals surface area contributed by atoms with E-state index in [1.165, 1.54) is 0 Å². The third-order valence-electron chi connectivity index (χ3n) is 5.64. The Balaban J connectivity index is 1.39. The van der Waals surface area contributed by atoms with Gasteiger partial charge in [-0.3, -0.25) is 9.59 Å². The van der Waals surface area contributed by atoms with Crippen LogP contribution in [0.4, 0.5) is 4.79 Å². The van der Waals surface area contributed by atoms with Crippen molar-refractivity contribution in [1.82, 2.24) is 10.6 Å². The van der Waals surface area contributed by atoms with Crippen LogP contribution in [0.25, 0.3) is 11.1 Å². The summed E-state index contributed by atoms with van der Waals surface area (Å²) in [6, 6.07) is 23.9. The first-order valence-corrected chi connectivity index (χ1v) is 10.7. The molecule has 0 saturated carbocycles. The first kappa shape index (κ1) is 22.1. The van der Waals surface area contributed by atoms with Gasteiger partial charge in [-0.15, -0.1) is 0 Å². The van der Waals surface area contributed by atoms with Crippen molar-refractivity contribution >= 4 is 18.0 Å². The van der Waals surface area contributed by atoms with Gasteiger partial charge < -0.3 is 20.5 Å². The predicted octanol–water partition coefficient (Wildman–Crippen LogP) is 3.68. The van der Waals surface area contributed by atoms with Gasteiger partial charge in [-0.1, -0.05) is 78.9 Å². The fraction of sp³-hybridized carbons (Fsp3) is 0.192. The van der Waals surface area contributed by atoms with Crippen LogP contribution in [0.3, 0.4) is 0 Å². The van der Waals surface area contributed by atoms with Gasteiger partial charge in [0.25, 0.3) is 0 Å². The van der Waals surface area contributed by atoms with E-state index in [1.807, 2.05) is 78.9 Å². The Morgan fingerprint density at radius 2 is 1.42 bits per heavy atom. The van der Waals surface area contributed by atoms with Crippen molar-refractivity contribution in [3.05, 3.63) is 95.6 Å². The molecule has 0 aliphatic heterocycles. The Morgan fingerprint density at radius 3 is 2.03 bits per heavy atom. The summed E-state index contributed by atoms with van der Waals surface area (Å²) in [7, 11) is 0. The number of fused-ring (bicyclic) bond motifs is 3. The second-order valence-electron chi connectivity index (χ2n) is 7.82. The van der Waals surface area contributed by atoms with Crippen LogP contribution in [0.2, 0.25) is 0 Å². The Bertz CT molecular complexity index is 1120. The minimum absolute atomic E-state index is 0.0747. The maximum atomic E-state index is 12.5. The molecule has 0 heterocycles. The van der Waals surface area contributed by atoms with E-state index in [0.29, 0.717) is 0 Å². The van der Waals surface area contributed by atoms with Gasteiger partial charge in [0.1, 0.15) is 12.6 Å².